The van der Waals surface area contributed by atoms with Crippen molar-refractivity contribution in [3.8, 4) is 0 Å². The van der Waals surface area contributed by atoms with Gasteiger partial charge in [-0.2, -0.15) is 0 Å². The number of benzene rings is 2. The molecular formula is C47H54O8. The van der Waals surface area contributed by atoms with Gasteiger partial charge in [-0.15, -0.1) is 0 Å². The number of hydrogen-bond acceptors (Lipinski definition) is 8. The van der Waals surface area contributed by atoms with Crippen molar-refractivity contribution in [1.29, 1.82) is 0 Å². The van der Waals surface area contributed by atoms with E-state index in [1.54, 1.807) is 12.1 Å². The second-order valence-corrected chi connectivity index (χ2v) is 19.6. The first kappa shape index (κ1) is 35.8. The second-order valence-electron chi connectivity index (χ2n) is 19.6. The first-order chi connectivity index (χ1) is 26.2. The minimum atomic E-state index is -1.15. The number of allylic oxidation sites excluding steroid dienone is 3. The number of ether oxygens (including phenoxy) is 4. The van der Waals surface area contributed by atoms with Crippen molar-refractivity contribution in [2.45, 2.75) is 109 Å². The van der Waals surface area contributed by atoms with Crippen LogP contribution >= 0.6 is 0 Å². The average Bonchev–Trinajstić information content (AvgIpc) is 3.37. The monoisotopic (exact) mass is 746 g/mol. The van der Waals surface area contributed by atoms with Gasteiger partial charge in [-0.05, 0) is 84.2 Å². The summed E-state index contributed by atoms with van der Waals surface area (Å²) in [6, 6.07) is 19.6. The van der Waals surface area contributed by atoms with Gasteiger partial charge in [-0.3, -0.25) is 14.4 Å². The molecule has 8 heteroatoms. The van der Waals surface area contributed by atoms with Gasteiger partial charge in [0.15, 0.2) is 0 Å². The van der Waals surface area contributed by atoms with Gasteiger partial charge in [-0.1, -0.05) is 105 Å². The summed E-state index contributed by atoms with van der Waals surface area (Å²) in [6.45, 7) is 9.62. The number of aliphatic hydroxyl groups is 1. The number of aliphatic hydroxyl groups excluding tert-OH is 1. The molecule has 3 heterocycles. The maximum Gasteiger partial charge on any atom is 0.312 e. The van der Waals surface area contributed by atoms with Crippen LogP contribution in [0.5, 0.6) is 0 Å². The molecule has 3 saturated heterocycles. The molecule has 3 aliphatic heterocycles. The summed E-state index contributed by atoms with van der Waals surface area (Å²) in [5.74, 6) is -1.53. The highest BCUT2D eigenvalue weighted by atomic mass is 16.7. The first-order valence-corrected chi connectivity index (χ1v) is 20.6. The number of Topliss-reactive ketones (excluding diaryl/α,β-unsaturated/α-hetero) is 1. The number of rotatable bonds is 6. The summed E-state index contributed by atoms with van der Waals surface area (Å²) in [7, 11) is 0. The van der Waals surface area contributed by atoms with Crippen LogP contribution in [0.3, 0.4) is 0 Å². The SMILES string of the molecule is C[C@]1(OC(=O)C[C@H](O)c2ccccc2)CO[C@@]2(C[C@@H]([C@@H]3CCC45CC34C=C[C@@H]3[C@@]4(C)CC=C6C[C@@H](c7ccccc7)OC[C@]6(C)[C@@H]4CC(=O)[C@]35C)C(=O)O2)C1. The predicted octanol–water partition coefficient (Wildman–Crippen LogP) is 8.16. The van der Waals surface area contributed by atoms with Crippen molar-refractivity contribution in [1.82, 2.24) is 0 Å². The topological polar surface area (TPSA) is 108 Å². The molecule has 13 atom stereocenters. The Morgan fingerprint density at radius 3 is 2.47 bits per heavy atom. The Kier molecular flexibility index (Phi) is 7.64. The summed E-state index contributed by atoms with van der Waals surface area (Å²) < 4.78 is 24.9. The highest BCUT2D eigenvalue weighted by Crippen LogP contribution is 2.89. The maximum absolute atomic E-state index is 15.0. The van der Waals surface area contributed by atoms with E-state index in [1.165, 1.54) is 11.1 Å². The van der Waals surface area contributed by atoms with Gasteiger partial charge in [0, 0.05) is 23.7 Å². The molecule has 10 rings (SSSR count). The molecule has 2 aromatic rings. The summed E-state index contributed by atoms with van der Waals surface area (Å²) in [5, 5.41) is 10.6. The molecule has 0 aromatic heterocycles. The van der Waals surface area contributed by atoms with Crippen molar-refractivity contribution in [2.24, 2.45) is 50.7 Å². The molecule has 55 heavy (non-hydrogen) atoms. The van der Waals surface area contributed by atoms with Crippen LogP contribution in [0.4, 0.5) is 0 Å². The average molecular weight is 747 g/mol. The Balaban J connectivity index is 0.870. The van der Waals surface area contributed by atoms with Gasteiger partial charge in [0.05, 0.1) is 44.2 Å². The Labute approximate surface area is 324 Å². The molecule has 0 bridgehead atoms. The lowest BCUT2D eigenvalue weighted by Gasteiger charge is -2.64. The van der Waals surface area contributed by atoms with E-state index in [1.807, 2.05) is 31.2 Å². The fourth-order valence-corrected chi connectivity index (χ4v) is 14.1. The van der Waals surface area contributed by atoms with Crippen LogP contribution in [0.15, 0.2) is 84.5 Å². The van der Waals surface area contributed by atoms with Crippen LogP contribution in [0, 0.1) is 50.7 Å². The smallest absolute Gasteiger partial charge is 0.312 e. The van der Waals surface area contributed by atoms with E-state index in [2.05, 4.69) is 63.3 Å². The zero-order valence-corrected chi connectivity index (χ0v) is 32.6. The lowest BCUT2D eigenvalue weighted by molar-refractivity contribution is -0.192. The molecule has 6 fully saturated rings. The number of ketones is 1. The second kappa shape index (κ2) is 11.7. The van der Waals surface area contributed by atoms with E-state index in [0.29, 0.717) is 30.8 Å². The third kappa shape index (κ3) is 4.83. The number of fused-ring (bicyclic) bond motifs is 5. The van der Waals surface area contributed by atoms with E-state index in [4.69, 9.17) is 18.9 Å². The molecule has 3 saturated carbocycles. The normalized spacial score (nSPS) is 46.8. The number of carbonyl (C=O) groups excluding carboxylic acids is 3. The quantitative estimate of drug-likeness (QED) is 0.233. The largest absolute Gasteiger partial charge is 0.457 e. The van der Waals surface area contributed by atoms with Crippen LogP contribution < -0.4 is 0 Å². The molecular weight excluding hydrogens is 693 g/mol. The molecule has 2 unspecified atom stereocenters. The van der Waals surface area contributed by atoms with Crippen LogP contribution in [0.1, 0.15) is 109 Å². The van der Waals surface area contributed by atoms with Crippen LogP contribution in [-0.2, 0) is 33.3 Å². The zero-order chi connectivity index (χ0) is 38.2. The molecule has 1 spiro atoms. The molecule has 2 aromatic carbocycles. The van der Waals surface area contributed by atoms with E-state index in [-0.39, 0.29) is 76.9 Å². The van der Waals surface area contributed by atoms with Crippen molar-refractivity contribution in [3.05, 3.63) is 95.6 Å². The van der Waals surface area contributed by atoms with Gasteiger partial charge in [0.25, 0.3) is 0 Å². The van der Waals surface area contributed by atoms with Crippen molar-refractivity contribution in [2.75, 3.05) is 13.2 Å². The Morgan fingerprint density at radius 2 is 1.71 bits per heavy atom. The molecule has 8 aliphatic rings. The molecule has 290 valence electrons. The summed E-state index contributed by atoms with van der Waals surface area (Å²) in [5.41, 5.74) is 1.16. The lowest BCUT2D eigenvalue weighted by Crippen LogP contribution is -2.63. The fourth-order valence-electron chi connectivity index (χ4n) is 14.1. The molecule has 5 aliphatic carbocycles. The number of hydrogen-bond donors (Lipinski definition) is 1. The minimum absolute atomic E-state index is 0.0455. The number of carbonyl (C=O) groups is 3. The molecule has 0 amide bonds. The standard InChI is InChI=1S/C47H54O8/c1-41(54-39(50)22-34(48)29-11-7-5-8-12-29)25-47(53-27-41)24-32(40(51)55-47)33-16-20-46-26-45(33,46)19-17-36-42(2)18-15-31-21-35(30-13-9-6-10-14-30)52-28-43(31,3)37(42)23-38(49)44(36,46)4/h5-15,17,19,32-37,48H,16,18,20-28H2,1-4H3/t32-,33-,34-,35-,36+,37+,41+,42+,43-,44-,45?,46?,47+/m0/s1. The highest BCUT2D eigenvalue weighted by Gasteiger charge is 2.85. The van der Waals surface area contributed by atoms with Crippen LogP contribution in [0.25, 0.3) is 0 Å². The van der Waals surface area contributed by atoms with Crippen molar-refractivity contribution >= 4 is 17.7 Å². The first-order valence-electron chi connectivity index (χ1n) is 20.6. The van der Waals surface area contributed by atoms with E-state index < -0.39 is 28.9 Å². The zero-order valence-electron chi connectivity index (χ0n) is 32.6. The fraction of sp³-hybridized carbons (Fsp3) is 0.596. The van der Waals surface area contributed by atoms with Gasteiger partial charge in [0.2, 0.25) is 5.79 Å². The van der Waals surface area contributed by atoms with E-state index in [0.717, 1.165) is 32.1 Å². The Morgan fingerprint density at radius 1 is 0.964 bits per heavy atom. The summed E-state index contributed by atoms with van der Waals surface area (Å²) in [6.07, 6.45) is 12.0. The van der Waals surface area contributed by atoms with E-state index in [9.17, 15) is 19.5 Å². The van der Waals surface area contributed by atoms with Gasteiger partial charge in [-0.25, -0.2) is 0 Å². The lowest BCUT2D eigenvalue weighted by atomic mass is 9.39. The molecule has 0 radical (unpaired) electrons. The Hall–Kier alpha value is -3.59. The summed E-state index contributed by atoms with van der Waals surface area (Å²) in [4.78, 5) is 41.8. The highest BCUT2D eigenvalue weighted by molar-refractivity contribution is 5.90. The maximum atomic E-state index is 15.0. The van der Waals surface area contributed by atoms with Gasteiger partial charge >= 0.3 is 11.9 Å². The predicted molar refractivity (Wildman–Crippen MR) is 203 cm³/mol. The van der Waals surface area contributed by atoms with Crippen LogP contribution in [0.2, 0.25) is 0 Å². The third-order valence-electron chi connectivity index (χ3n) is 16.8. The number of esters is 2. The summed E-state index contributed by atoms with van der Waals surface area (Å²) >= 11 is 0. The van der Waals surface area contributed by atoms with E-state index >= 15 is 0 Å². The third-order valence-corrected chi connectivity index (χ3v) is 16.8. The van der Waals surface area contributed by atoms with Crippen molar-refractivity contribution in [3.63, 3.8) is 0 Å². The van der Waals surface area contributed by atoms with Crippen molar-refractivity contribution < 1.29 is 38.4 Å². The van der Waals surface area contributed by atoms with Gasteiger partial charge < -0.3 is 24.1 Å². The van der Waals surface area contributed by atoms with Gasteiger partial charge in [0.1, 0.15) is 11.4 Å². The van der Waals surface area contributed by atoms with Crippen LogP contribution in [-0.4, -0.2) is 47.4 Å². The molecule has 1 N–H and O–H groups in total. The molecule has 8 nitrogen and oxygen atoms in total. The minimum Gasteiger partial charge on any atom is -0.457 e. The Bertz CT molecular complexity index is 2010.